The van der Waals surface area contributed by atoms with Gasteiger partial charge in [0.05, 0.1) is 5.92 Å². The average molecular weight is 232 g/mol. The van der Waals surface area contributed by atoms with Gasteiger partial charge >= 0.3 is 0 Å². The summed E-state index contributed by atoms with van der Waals surface area (Å²) in [5.41, 5.74) is 7.69. The molecule has 17 heavy (non-hydrogen) atoms. The van der Waals surface area contributed by atoms with Crippen LogP contribution in [0.25, 0.3) is 0 Å². The number of primary amides is 1. The first-order chi connectivity index (χ1) is 8.24. The zero-order valence-electron chi connectivity index (χ0n) is 9.56. The molecule has 1 heterocycles. The molecule has 0 aromatic heterocycles. The number of nitrogens with one attached hydrogen (secondary N) is 1. The van der Waals surface area contributed by atoms with Gasteiger partial charge in [-0.25, -0.2) is 0 Å². The Kier molecular flexibility index (Phi) is 3.54. The molecule has 4 heteroatoms. The molecule has 2 rings (SSSR count). The average Bonchev–Trinajstić information content (AvgIpc) is 2.35. The van der Waals surface area contributed by atoms with Gasteiger partial charge in [0.15, 0.2) is 0 Å². The van der Waals surface area contributed by atoms with Crippen molar-refractivity contribution in [3.63, 3.8) is 0 Å². The molecule has 0 bridgehead atoms. The standard InChI is InChI=1S/C13H16N2O2/c14-13(17)11(6-8-16)12-10-4-2-1-3-9(10)5-7-15-12/h1-4,8,11-12,15H,5-7H2,(H2,14,17). The largest absolute Gasteiger partial charge is 0.369 e. The predicted molar refractivity (Wildman–Crippen MR) is 64.3 cm³/mol. The summed E-state index contributed by atoms with van der Waals surface area (Å²) in [7, 11) is 0. The molecule has 0 fully saturated rings. The number of fused-ring (bicyclic) bond motifs is 1. The van der Waals surface area contributed by atoms with Gasteiger partial charge < -0.3 is 15.8 Å². The van der Waals surface area contributed by atoms with E-state index in [1.807, 2.05) is 18.2 Å². The second-order valence-electron chi connectivity index (χ2n) is 4.29. The predicted octanol–water partition coefficient (Wildman–Crippen LogP) is 0.564. The first kappa shape index (κ1) is 11.8. The van der Waals surface area contributed by atoms with Crippen molar-refractivity contribution >= 4 is 12.2 Å². The summed E-state index contributed by atoms with van der Waals surface area (Å²) in [6, 6.07) is 7.84. The lowest BCUT2D eigenvalue weighted by molar-refractivity contribution is -0.125. The second-order valence-corrected chi connectivity index (χ2v) is 4.29. The van der Waals surface area contributed by atoms with Crippen molar-refractivity contribution in [2.45, 2.75) is 18.9 Å². The van der Waals surface area contributed by atoms with Crippen LogP contribution in [-0.4, -0.2) is 18.7 Å². The molecule has 4 nitrogen and oxygen atoms in total. The lowest BCUT2D eigenvalue weighted by Crippen LogP contribution is -2.40. The summed E-state index contributed by atoms with van der Waals surface area (Å²) in [6.07, 6.45) is 1.87. The molecular weight excluding hydrogens is 216 g/mol. The summed E-state index contributed by atoms with van der Waals surface area (Å²) in [6.45, 7) is 0.810. The van der Waals surface area contributed by atoms with Crippen LogP contribution in [0.1, 0.15) is 23.6 Å². The van der Waals surface area contributed by atoms with Crippen molar-refractivity contribution < 1.29 is 9.59 Å². The Bertz CT molecular complexity index is 431. The van der Waals surface area contributed by atoms with E-state index in [0.29, 0.717) is 0 Å². The number of carbonyl (C=O) groups excluding carboxylic acids is 2. The van der Waals surface area contributed by atoms with Crippen LogP contribution in [0.4, 0.5) is 0 Å². The molecule has 2 unspecified atom stereocenters. The van der Waals surface area contributed by atoms with Crippen LogP contribution in [0.2, 0.25) is 0 Å². The number of benzene rings is 1. The number of hydrogen-bond acceptors (Lipinski definition) is 3. The number of carbonyl (C=O) groups is 2. The Labute approximate surface area is 100 Å². The van der Waals surface area contributed by atoms with Gasteiger partial charge in [-0.1, -0.05) is 24.3 Å². The fourth-order valence-corrected chi connectivity index (χ4v) is 2.42. The number of hydrogen-bond donors (Lipinski definition) is 2. The molecular formula is C13H16N2O2. The monoisotopic (exact) mass is 232 g/mol. The van der Waals surface area contributed by atoms with Crippen LogP contribution in [0, 0.1) is 5.92 Å². The molecule has 1 aliphatic heterocycles. The third-order valence-electron chi connectivity index (χ3n) is 3.27. The minimum atomic E-state index is -0.464. The van der Waals surface area contributed by atoms with Gasteiger partial charge in [-0.05, 0) is 24.1 Å². The van der Waals surface area contributed by atoms with Crippen molar-refractivity contribution in [1.29, 1.82) is 0 Å². The summed E-state index contributed by atoms with van der Waals surface area (Å²) in [4.78, 5) is 22.1. The Morgan fingerprint density at radius 1 is 1.53 bits per heavy atom. The minimum absolute atomic E-state index is 0.136. The number of amides is 1. The quantitative estimate of drug-likeness (QED) is 0.745. The van der Waals surface area contributed by atoms with Gasteiger partial charge in [-0.3, -0.25) is 4.79 Å². The van der Waals surface area contributed by atoms with Crippen LogP contribution < -0.4 is 11.1 Å². The first-order valence-corrected chi connectivity index (χ1v) is 5.78. The van der Waals surface area contributed by atoms with Crippen molar-refractivity contribution in [3.8, 4) is 0 Å². The highest BCUT2D eigenvalue weighted by Crippen LogP contribution is 2.29. The third-order valence-corrected chi connectivity index (χ3v) is 3.27. The Balaban J connectivity index is 2.33. The molecule has 1 aromatic carbocycles. The number of rotatable bonds is 4. The SMILES string of the molecule is NC(=O)C(CC=O)C1NCCc2ccccc21. The van der Waals surface area contributed by atoms with Gasteiger partial charge in [0, 0.05) is 12.5 Å². The molecule has 0 radical (unpaired) electrons. The molecule has 0 aliphatic carbocycles. The number of aldehydes is 1. The Morgan fingerprint density at radius 2 is 2.29 bits per heavy atom. The first-order valence-electron chi connectivity index (χ1n) is 5.78. The van der Waals surface area contributed by atoms with Gasteiger partial charge in [0.1, 0.15) is 6.29 Å². The van der Waals surface area contributed by atoms with Crippen molar-refractivity contribution in [2.75, 3.05) is 6.54 Å². The van der Waals surface area contributed by atoms with E-state index in [2.05, 4.69) is 11.4 Å². The van der Waals surface area contributed by atoms with E-state index in [1.54, 1.807) is 0 Å². The molecule has 2 atom stereocenters. The van der Waals surface area contributed by atoms with Crippen LogP contribution in [0.5, 0.6) is 0 Å². The van der Waals surface area contributed by atoms with E-state index in [4.69, 9.17) is 5.73 Å². The maximum absolute atomic E-state index is 11.4. The highest BCUT2D eigenvalue weighted by Gasteiger charge is 2.30. The highest BCUT2D eigenvalue weighted by molar-refractivity contribution is 5.80. The van der Waals surface area contributed by atoms with Crippen molar-refractivity contribution in [3.05, 3.63) is 35.4 Å². The molecule has 1 amide bonds. The van der Waals surface area contributed by atoms with Crippen molar-refractivity contribution in [1.82, 2.24) is 5.32 Å². The summed E-state index contributed by atoms with van der Waals surface area (Å²) in [5, 5.41) is 3.28. The molecule has 0 saturated carbocycles. The molecule has 0 spiro atoms. The second kappa shape index (κ2) is 5.10. The molecule has 1 aromatic rings. The van der Waals surface area contributed by atoms with E-state index in [-0.39, 0.29) is 12.5 Å². The zero-order chi connectivity index (χ0) is 12.3. The fraction of sp³-hybridized carbons (Fsp3) is 0.385. The summed E-state index contributed by atoms with van der Waals surface area (Å²) in [5.74, 6) is -0.889. The smallest absolute Gasteiger partial charge is 0.222 e. The maximum atomic E-state index is 11.4. The molecule has 0 saturated heterocycles. The molecule has 3 N–H and O–H groups in total. The topological polar surface area (TPSA) is 72.2 Å². The van der Waals surface area contributed by atoms with Gasteiger partial charge in [-0.2, -0.15) is 0 Å². The maximum Gasteiger partial charge on any atom is 0.222 e. The highest BCUT2D eigenvalue weighted by atomic mass is 16.1. The van der Waals surface area contributed by atoms with E-state index in [0.717, 1.165) is 24.8 Å². The van der Waals surface area contributed by atoms with E-state index in [9.17, 15) is 9.59 Å². The van der Waals surface area contributed by atoms with Gasteiger partial charge in [-0.15, -0.1) is 0 Å². The van der Waals surface area contributed by atoms with Crippen LogP contribution in [-0.2, 0) is 16.0 Å². The Hall–Kier alpha value is -1.68. The van der Waals surface area contributed by atoms with Crippen molar-refractivity contribution in [2.24, 2.45) is 11.7 Å². The summed E-state index contributed by atoms with van der Waals surface area (Å²) >= 11 is 0. The van der Waals surface area contributed by atoms with Crippen LogP contribution in [0.3, 0.4) is 0 Å². The normalized spacial score (nSPS) is 20.4. The van der Waals surface area contributed by atoms with E-state index in [1.165, 1.54) is 5.56 Å². The zero-order valence-corrected chi connectivity index (χ0v) is 9.56. The Morgan fingerprint density at radius 3 is 3.00 bits per heavy atom. The fourth-order valence-electron chi connectivity index (χ4n) is 2.42. The van der Waals surface area contributed by atoms with Crippen LogP contribution >= 0.6 is 0 Å². The number of nitrogens with two attached hydrogens (primary N) is 1. The van der Waals surface area contributed by atoms with Gasteiger partial charge in [0.25, 0.3) is 0 Å². The van der Waals surface area contributed by atoms with Gasteiger partial charge in [0.2, 0.25) is 5.91 Å². The minimum Gasteiger partial charge on any atom is -0.369 e. The summed E-state index contributed by atoms with van der Waals surface area (Å²) < 4.78 is 0. The van der Waals surface area contributed by atoms with E-state index < -0.39 is 11.8 Å². The molecule has 90 valence electrons. The lowest BCUT2D eigenvalue weighted by atomic mass is 9.84. The van der Waals surface area contributed by atoms with Crippen LogP contribution in [0.15, 0.2) is 24.3 Å². The molecule has 1 aliphatic rings. The third kappa shape index (κ3) is 2.36. The van der Waals surface area contributed by atoms with E-state index >= 15 is 0 Å². The lowest BCUT2D eigenvalue weighted by Gasteiger charge is -2.31.